The van der Waals surface area contributed by atoms with Crippen LogP contribution in [-0.4, -0.2) is 13.0 Å². The molecule has 0 aliphatic carbocycles. The van der Waals surface area contributed by atoms with Crippen molar-refractivity contribution in [1.82, 2.24) is 5.43 Å². The van der Waals surface area contributed by atoms with Crippen molar-refractivity contribution < 1.29 is 9.53 Å². The number of benzene rings is 1. The fourth-order valence-electron chi connectivity index (χ4n) is 1.40. The quantitative estimate of drug-likeness (QED) is 0.479. The van der Waals surface area contributed by atoms with Crippen LogP contribution in [0.1, 0.15) is 17.5 Å². The summed E-state index contributed by atoms with van der Waals surface area (Å²) in [7, 11) is 1.59. The van der Waals surface area contributed by atoms with E-state index < -0.39 is 0 Å². The van der Waals surface area contributed by atoms with Gasteiger partial charge in [0.05, 0.1) is 7.11 Å². The molecule has 0 aromatic heterocycles. The minimum atomic E-state index is -0.209. The van der Waals surface area contributed by atoms with E-state index in [1.54, 1.807) is 7.11 Å². The third-order valence-corrected chi connectivity index (χ3v) is 2.75. The summed E-state index contributed by atoms with van der Waals surface area (Å²) < 4.78 is 5.23. The largest absolute Gasteiger partial charge is 0.496 e. The van der Waals surface area contributed by atoms with Crippen LogP contribution in [0, 0.1) is 6.92 Å². The maximum absolute atomic E-state index is 11.0. The van der Waals surface area contributed by atoms with Gasteiger partial charge in [0.25, 0.3) is 0 Å². The Morgan fingerprint density at radius 3 is 2.81 bits per heavy atom. The molecule has 0 aliphatic rings. The van der Waals surface area contributed by atoms with Crippen LogP contribution in [0.4, 0.5) is 0 Å². The van der Waals surface area contributed by atoms with E-state index >= 15 is 0 Å². The van der Waals surface area contributed by atoms with Crippen LogP contribution in [0.2, 0.25) is 5.02 Å². The molecule has 1 aromatic rings. The predicted molar refractivity (Wildman–Crippen MR) is 63.4 cm³/mol. The summed E-state index contributed by atoms with van der Waals surface area (Å²) in [4.78, 5) is 11.0. The summed E-state index contributed by atoms with van der Waals surface area (Å²) in [5, 5.41) is 0.670. The van der Waals surface area contributed by atoms with E-state index in [1.807, 2.05) is 19.1 Å². The summed E-state index contributed by atoms with van der Waals surface area (Å²) in [6, 6.07) is 3.68. The molecule has 0 bridgehead atoms. The Hall–Kier alpha value is -1.26. The van der Waals surface area contributed by atoms with E-state index in [0.29, 0.717) is 17.9 Å². The van der Waals surface area contributed by atoms with Gasteiger partial charge < -0.3 is 4.74 Å². The fraction of sp³-hybridized carbons (Fsp3) is 0.364. The minimum absolute atomic E-state index is 0.209. The van der Waals surface area contributed by atoms with Crippen molar-refractivity contribution in [1.29, 1.82) is 0 Å². The lowest BCUT2D eigenvalue weighted by Crippen LogP contribution is -2.30. The Morgan fingerprint density at radius 1 is 1.56 bits per heavy atom. The Bertz CT molecular complexity index is 394. The topological polar surface area (TPSA) is 64.3 Å². The first-order chi connectivity index (χ1) is 7.58. The fourth-order valence-corrected chi connectivity index (χ4v) is 1.59. The summed E-state index contributed by atoms with van der Waals surface area (Å²) in [6.07, 6.45) is 0.860. The summed E-state index contributed by atoms with van der Waals surface area (Å²) >= 11 is 6.01. The molecule has 16 heavy (non-hydrogen) atoms. The molecule has 4 nitrogen and oxygen atoms in total. The van der Waals surface area contributed by atoms with Crippen LogP contribution >= 0.6 is 11.6 Å². The van der Waals surface area contributed by atoms with Crippen molar-refractivity contribution >= 4 is 17.5 Å². The van der Waals surface area contributed by atoms with E-state index in [9.17, 15) is 4.79 Å². The monoisotopic (exact) mass is 242 g/mol. The summed E-state index contributed by atoms with van der Waals surface area (Å²) in [5.74, 6) is 5.54. The van der Waals surface area contributed by atoms with Gasteiger partial charge in [-0.2, -0.15) is 0 Å². The number of hydrazine groups is 1. The zero-order chi connectivity index (χ0) is 12.1. The van der Waals surface area contributed by atoms with E-state index in [0.717, 1.165) is 16.9 Å². The number of nitrogens with two attached hydrogens (primary N) is 1. The molecular weight excluding hydrogens is 228 g/mol. The average Bonchev–Trinajstić information content (AvgIpc) is 2.29. The molecule has 0 saturated carbocycles. The van der Waals surface area contributed by atoms with Crippen LogP contribution in [0.3, 0.4) is 0 Å². The van der Waals surface area contributed by atoms with Gasteiger partial charge in [-0.1, -0.05) is 11.6 Å². The molecule has 0 atom stereocenters. The molecule has 0 fully saturated rings. The van der Waals surface area contributed by atoms with Crippen molar-refractivity contribution in [3.05, 3.63) is 28.3 Å². The van der Waals surface area contributed by atoms with Crippen LogP contribution < -0.4 is 16.0 Å². The van der Waals surface area contributed by atoms with E-state index in [4.69, 9.17) is 22.2 Å². The van der Waals surface area contributed by atoms with Crippen LogP contribution in [-0.2, 0) is 11.2 Å². The van der Waals surface area contributed by atoms with E-state index in [1.165, 1.54) is 0 Å². The van der Waals surface area contributed by atoms with Gasteiger partial charge in [-0.15, -0.1) is 0 Å². The first-order valence-electron chi connectivity index (χ1n) is 4.91. The van der Waals surface area contributed by atoms with Crippen LogP contribution in [0.15, 0.2) is 12.1 Å². The molecule has 0 aliphatic heterocycles. The number of aryl methyl sites for hydroxylation is 2. The van der Waals surface area contributed by atoms with Crippen molar-refractivity contribution in [3.8, 4) is 5.75 Å². The predicted octanol–water partition coefficient (Wildman–Crippen LogP) is 1.58. The molecule has 5 heteroatoms. The number of ether oxygens (including phenoxy) is 1. The molecule has 1 amide bonds. The number of rotatable bonds is 4. The Balaban J connectivity index is 2.86. The number of hydrogen-bond donors (Lipinski definition) is 2. The van der Waals surface area contributed by atoms with Crippen LogP contribution in [0.5, 0.6) is 5.75 Å². The molecule has 0 spiro atoms. The second-order valence-electron chi connectivity index (χ2n) is 3.48. The number of methoxy groups -OCH3 is 1. The second-order valence-corrected chi connectivity index (χ2v) is 3.89. The van der Waals surface area contributed by atoms with Crippen molar-refractivity contribution in [2.75, 3.05) is 7.11 Å². The molecule has 0 heterocycles. The maximum Gasteiger partial charge on any atom is 0.234 e. The van der Waals surface area contributed by atoms with Gasteiger partial charge in [0.2, 0.25) is 5.91 Å². The third kappa shape index (κ3) is 3.12. The molecule has 3 N–H and O–H groups in total. The first kappa shape index (κ1) is 12.8. The molecule has 1 aromatic carbocycles. The molecule has 1 rings (SSSR count). The molecule has 88 valence electrons. The zero-order valence-electron chi connectivity index (χ0n) is 9.34. The van der Waals surface area contributed by atoms with E-state index in [-0.39, 0.29) is 5.91 Å². The number of nitrogens with one attached hydrogen (secondary N) is 1. The van der Waals surface area contributed by atoms with Gasteiger partial charge in [0, 0.05) is 11.4 Å². The Morgan fingerprint density at radius 2 is 2.25 bits per heavy atom. The lowest BCUT2D eigenvalue weighted by molar-refractivity contribution is -0.121. The van der Waals surface area contributed by atoms with Crippen LogP contribution in [0.25, 0.3) is 0 Å². The second kappa shape index (κ2) is 5.72. The molecule has 0 unspecified atom stereocenters. The number of halogens is 1. The van der Waals surface area contributed by atoms with Gasteiger partial charge in [0.15, 0.2) is 0 Å². The van der Waals surface area contributed by atoms with Crippen molar-refractivity contribution in [2.45, 2.75) is 19.8 Å². The standard InChI is InChI=1S/C11H15ClN2O2/c1-7-5-10(16-2)8(6-9(7)12)3-4-11(15)14-13/h5-6H,3-4,13H2,1-2H3,(H,14,15). The number of carbonyl (C=O) groups is 1. The van der Waals surface area contributed by atoms with Gasteiger partial charge in [-0.3, -0.25) is 10.2 Å². The number of hydrogen-bond acceptors (Lipinski definition) is 3. The maximum atomic E-state index is 11.0. The van der Waals surface area contributed by atoms with Gasteiger partial charge in [-0.05, 0) is 36.6 Å². The minimum Gasteiger partial charge on any atom is -0.496 e. The highest BCUT2D eigenvalue weighted by atomic mass is 35.5. The average molecular weight is 243 g/mol. The third-order valence-electron chi connectivity index (χ3n) is 2.34. The highest BCUT2D eigenvalue weighted by Gasteiger charge is 2.08. The first-order valence-corrected chi connectivity index (χ1v) is 5.28. The highest BCUT2D eigenvalue weighted by Crippen LogP contribution is 2.27. The summed E-state index contributed by atoms with van der Waals surface area (Å²) in [6.45, 7) is 1.90. The van der Waals surface area contributed by atoms with Crippen molar-refractivity contribution in [2.24, 2.45) is 5.84 Å². The highest BCUT2D eigenvalue weighted by molar-refractivity contribution is 6.31. The lowest BCUT2D eigenvalue weighted by atomic mass is 10.1. The number of amides is 1. The van der Waals surface area contributed by atoms with Crippen molar-refractivity contribution in [3.63, 3.8) is 0 Å². The normalized spacial score (nSPS) is 10.0. The number of carbonyl (C=O) groups excluding carboxylic acids is 1. The molecule has 0 saturated heterocycles. The smallest absolute Gasteiger partial charge is 0.234 e. The molecule has 0 radical (unpaired) electrons. The van der Waals surface area contributed by atoms with Gasteiger partial charge in [-0.25, -0.2) is 5.84 Å². The van der Waals surface area contributed by atoms with Gasteiger partial charge in [0.1, 0.15) is 5.75 Å². The molecular formula is C11H15ClN2O2. The Labute approximate surface area is 99.7 Å². The van der Waals surface area contributed by atoms with E-state index in [2.05, 4.69) is 5.43 Å². The SMILES string of the molecule is COc1cc(C)c(Cl)cc1CCC(=O)NN. The zero-order valence-corrected chi connectivity index (χ0v) is 10.1. The summed E-state index contributed by atoms with van der Waals surface area (Å²) in [5.41, 5.74) is 3.94. The Kier molecular flexibility index (Phi) is 4.58. The van der Waals surface area contributed by atoms with Gasteiger partial charge >= 0.3 is 0 Å². The lowest BCUT2D eigenvalue weighted by Gasteiger charge is -2.10.